The first-order valence-corrected chi connectivity index (χ1v) is 8.57. The summed E-state index contributed by atoms with van der Waals surface area (Å²) in [6, 6.07) is 8.50. The van der Waals surface area contributed by atoms with Gasteiger partial charge in [-0.1, -0.05) is 17.7 Å². The smallest absolute Gasteiger partial charge is 0.241 e. The van der Waals surface area contributed by atoms with Crippen molar-refractivity contribution in [2.45, 2.75) is 30.5 Å². The van der Waals surface area contributed by atoms with E-state index in [1.54, 1.807) is 37.3 Å². The molecule has 0 N–H and O–H groups in total. The minimum absolute atomic E-state index is 0.0982. The predicted octanol–water partition coefficient (Wildman–Crippen LogP) is 3.82. The Morgan fingerprint density at radius 3 is 2.15 bits per heavy atom. The fourth-order valence-corrected chi connectivity index (χ4v) is 4.33. The average molecular weight is 332 g/mol. The van der Waals surface area contributed by atoms with E-state index >= 15 is 0 Å². The summed E-state index contributed by atoms with van der Waals surface area (Å²) in [5, 5.41) is 0. The van der Waals surface area contributed by atoms with Crippen LogP contribution in [0.2, 0.25) is 0 Å². The second kappa shape index (κ2) is 5.80. The van der Waals surface area contributed by atoms with E-state index in [4.69, 9.17) is 23.2 Å². The fraction of sp³-hybridized carbons (Fsp3) is 0.286. The summed E-state index contributed by atoms with van der Waals surface area (Å²) < 4.78 is 26.8. The number of alkyl halides is 2. The van der Waals surface area contributed by atoms with Gasteiger partial charge in [-0.05, 0) is 37.6 Å². The van der Waals surface area contributed by atoms with Crippen LogP contribution >= 0.6 is 23.2 Å². The predicted molar refractivity (Wildman–Crippen MR) is 82.0 cm³/mol. The Bertz CT molecular complexity index is 718. The molecule has 0 aliphatic rings. The minimum atomic E-state index is -3.64. The molecule has 0 saturated carbocycles. The van der Waals surface area contributed by atoms with Crippen LogP contribution in [0.1, 0.15) is 22.5 Å². The summed E-state index contributed by atoms with van der Waals surface area (Å²) in [7, 11) is -3.64. The van der Waals surface area contributed by atoms with Crippen molar-refractivity contribution in [1.82, 2.24) is 3.97 Å². The molecule has 1 aromatic carbocycles. The highest BCUT2D eigenvalue weighted by Gasteiger charge is 2.23. The Kier molecular flexibility index (Phi) is 4.47. The molecule has 0 saturated heterocycles. The van der Waals surface area contributed by atoms with Crippen molar-refractivity contribution in [1.29, 1.82) is 0 Å². The monoisotopic (exact) mass is 331 g/mol. The summed E-state index contributed by atoms with van der Waals surface area (Å²) in [6.45, 7) is 3.64. The van der Waals surface area contributed by atoms with Gasteiger partial charge in [0.2, 0.25) is 0 Å². The van der Waals surface area contributed by atoms with Crippen molar-refractivity contribution in [3.63, 3.8) is 0 Å². The van der Waals surface area contributed by atoms with Crippen LogP contribution in [0, 0.1) is 13.8 Å². The van der Waals surface area contributed by atoms with Crippen LogP contribution in [0.3, 0.4) is 0 Å². The van der Waals surface area contributed by atoms with Crippen molar-refractivity contribution >= 4 is 33.2 Å². The number of nitrogens with zero attached hydrogens (tertiary/aromatic N) is 1. The molecule has 6 heteroatoms. The Morgan fingerprint density at radius 2 is 1.65 bits per heavy atom. The van der Waals surface area contributed by atoms with Crippen molar-refractivity contribution in [2.75, 3.05) is 0 Å². The molecule has 2 aromatic rings. The standard InChI is InChI=1S/C14H15Cl2NO2S/c1-10-3-5-13(6-4-10)20(18,19)17-11(2)7-12(8-15)14(17)9-16/h3-7H,8-9H2,1-2H3. The summed E-state index contributed by atoms with van der Waals surface area (Å²) in [5.41, 5.74) is 2.89. The quantitative estimate of drug-likeness (QED) is 0.799. The van der Waals surface area contributed by atoms with Crippen LogP contribution < -0.4 is 0 Å². The van der Waals surface area contributed by atoms with Crippen molar-refractivity contribution in [3.05, 3.63) is 52.8 Å². The number of rotatable bonds is 4. The number of aryl methyl sites for hydroxylation is 2. The number of halogens is 2. The van der Waals surface area contributed by atoms with E-state index in [0.717, 1.165) is 11.1 Å². The molecule has 0 aliphatic carbocycles. The molecule has 20 heavy (non-hydrogen) atoms. The third-order valence-electron chi connectivity index (χ3n) is 3.15. The Balaban J connectivity index is 2.66. The average Bonchev–Trinajstić information content (AvgIpc) is 2.75. The molecular formula is C14H15Cl2NO2S. The molecule has 1 heterocycles. The molecular weight excluding hydrogens is 317 g/mol. The third kappa shape index (κ3) is 2.60. The number of aromatic nitrogens is 1. The van der Waals surface area contributed by atoms with Gasteiger partial charge >= 0.3 is 0 Å². The first kappa shape index (κ1) is 15.4. The second-order valence-electron chi connectivity index (χ2n) is 4.61. The molecule has 0 bridgehead atoms. The Labute approximate surface area is 129 Å². The van der Waals surface area contributed by atoms with Gasteiger partial charge < -0.3 is 0 Å². The van der Waals surface area contributed by atoms with Gasteiger partial charge in [0.15, 0.2) is 0 Å². The minimum Gasteiger partial charge on any atom is -0.241 e. The molecule has 0 radical (unpaired) electrons. The molecule has 3 nitrogen and oxygen atoms in total. The van der Waals surface area contributed by atoms with Crippen LogP contribution in [0.4, 0.5) is 0 Å². The van der Waals surface area contributed by atoms with Crippen LogP contribution in [0.5, 0.6) is 0 Å². The molecule has 2 rings (SSSR count). The lowest BCUT2D eigenvalue weighted by Gasteiger charge is -2.12. The lowest BCUT2D eigenvalue weighted by Crippen LogP contribution is -2.17. The SMILES string of the molecule is Cc1ccc(S(=O)(=O)n2c(C)cc(CCl)c2CCl)cc1. The highest BCUT2D eigenvalue weighted by molar-refractivity contribution is 7.90. The van der Waals surface area contributed by atoms with Gasteiger partial charge in [0, 0.05) is 11.6 Å². The third-order valence-corrected chi connectivity index (χ3v) is 5.55. The summed E-state index contributed by atoms with van der Waals surface area (Å²) in [5.74, 6) is 0.334. The number of hydrogen-bond acceptors (Lipinski definition) is 2. The van der Waals surface area contributed by atoms with E-state index in [1.165, 1.54) is 3.97 Å². The zero-order valence-electron chi connectivity index (χ0n) is 11.2. The first-order valence-electron chi connectivity index (χ1n) is 6.06. The maximum Gasteiger partial charge on any atom is 0.268 e. The molecule has 0 unspecified atom stereocenters. The number of benzene rings is 1. The van der Waals surface area contributed by atoms with E-state index in [1.807, 2.05) is 6.92 Å². The number of hydrogen-bond donors (Lipinski definition) is 0. The lowest BCUT2D eigenvalue weighted by atomic mass is 10.2. The van der Waals surface area contributed by atoms with E-state index < -0.39 is 10.0 Å². The summed E-state index contributed by atoms with van der Waals surface area (Å²) in [4.78, 5) is 0.245. The van der Waals surface area contributed by atoms with Gasteiger partial charge in [-0.2, -0.15) is 0 Å². The zero-order chi connectivity index (χ0) is 14.9. The van der Waals surface area contributed by atoms with E-state index in [9.17, 15) is 8.42 Å². The molecule has 0 fully saturated rings. The lowest BCUT2D eigenvalue weighted by molar-refractivity contribution is 0.584. The van der Waals surface area contributed by atoms with Crippen molar-refractivity contribution in [2.24, 2.45) is 0 Å². The van der Waals surface area contributed by atoms with Gasteiger partial charge in [0.05, 0.1) is 16.5 Å². The highest BCUT2D eigenvalue weighted by Crippen LogP contribution is 2.25. The van der Waals surface area contributed by atoms with Crippen molar-refractivity contribution in [3.8, 4) is 0 Å². The van der Waals surface area contributed by atoms with Gasteiger partial charge in [0.25, 0.3) is 10.0 Å². The van der Waals surface area contributed by atoms with Crippen molar-refractivity contribution < 1.29 is 8.42 Å². The highest BCUT2D eigenvalue weighted by atomic mass is 35.5. The molecule has 0 spiro atoms. The van der Waals surface area contributed by atoms with Crippen LogP contribution in [0.15, 0.2) is 35.2 Å². The van der Waals surface area contributed by atoms with Crippen LogP contribution in [-0.2, 0) is 21.8 Å². The van der Waals surface area contributed by atoms with Crippen LogP contribution in [-0.4, -0.2) is 12.4 Å². The van der Waals surface area contributed by atoms with E-state index in [-0.39, 0.29) is 16.7 Å². The molecule has 0 amide bonds. The van der Waals surface area contributed by atoms with Gasteiger partial charge in [-0.15, -0.1) is 23.2 Å². The normalized spacial score (nSPS) is 11.8. The van der Waals surface area contributed by atoms with Gasteiger partial charge in [-0.3, -0.25) is 0 Å². The maximum absolute atomic E-state index is 12.7. The second-order valence-corrected chi connectivity index (χ2v) is 6.93. The van der Waals surface area contributed by atoms with E-state index in [0.29, 0.717) is 11.4 Å². The topological polar surface area (TPSA) is 39.1 Å². The Hall–Kier alpha value is -0.970. The van der Waals surface area contributed by atoms with Gasteiger partial charge in [0.1, 0.15) is 0 Å². The van der Waals surface area contributed by atoms with E-state index in [2.05, 4.69) is 0 Å². The fourth-order valence-electron chi connectivity index (χ4n) is 2.14. The Morgan fingerprint density at radius 1 is 1.05 bits per heavy atom. The summed E-state index contributed by atoms with van der Waals surface area (Å²) in [6.07, 6.45) is 0. The van der Waals surface area contributed by atoms with Crippen LogP contribution in [0.25, 0.3) is 0 Å². The maximum atomic E-state index is 12.7. The molecule has 0 aliphatic heterocycles. The van der Waals surface area contributed by atoms with Gasteiger partial charge in [-0.25, -0.2) is 12.4 Å². The molecule has 0 atom stereocenters. The molecule has 108 valence electrons. The first-order chi connectivity index (χ1) is 9.41. The summed E-state index contributed by atoms with van der Waals surface area (Å²) >= 11 is 11.8. The molecule has 1 aromatic heterocycles. The largest absolute Gasteiger partial charge is 0.268 e. The zero-order valence-corrected chi connectivity index (χ0v) is 13.6.